The summed E-state index contributed by atoms with van der Waals surface area (Å²) in [7, 11) is 0. The third-order valence-corrected chi connectivity index (χ3v) is 4.99. The Kier molecular flexibility index (Phi) is 6.50. The molecule has 1 amide bonds. The molecule has 3 rings (SSSR count). The number of ether oxygens (including phenoxy) is 1. The van der Waals surface area contributed by atoms with Crippen molar-refractivity contribution in [3.8, 4) is 5.75 Å². The van der Waals surface area contributed by atoms with Gasteiger partial charge in [-0.15, -0.1) is 0 Å². The molecule has 0 bridgehead atoms. The van der Waals surface area contributed by atoms with Gasteiger partial charge in [-0.25, -0.2) is 0 Å². The van der Waals surface area contributed by atoms with Crippen molar-refractivity contribution in [1.82, 2.24) is 9.80 Å². The molecule has 1 saturated heterocycles. The maximum Gasteiger partial charge on any atom is 0.276 e. The molecule has 0 radical (unpaired) electrons. The number of thiocarbonyl (C=S) groups is 1. The van der Waals surface area contributed by atoms with Crippen molar-refractivity contribution in [1.29, 1.82) is 0 Å². The number of fused-ring (bicyclic) bond motifs is 1. The number of hydrogen-bond donors (Lipinski definition) is 1. The number of rotatable bonds is 8. The maximum absolute atomic E-state index is 12.8. The monoisotopic (exact) mass is 416 g/mol. The predicted molar refractivity (Wildman–Crippen MR) is 109 cm³/mol. The highest BCUT2D eigenvalue weighted by atomic mass is 32.1. The SMILES string of the molecule is CCCN1C(=O)/C(=C/C=C2/Oc3ccccc3N2CCC(=O)[O-])N(CCO)C1=S. The van der Waals surface area contributed by atoms with Gasteiger partial charge in [0.25, 0.3) is 5.91 Å². The lowest BCUT2D eigenvalue weighted by atomic mass is 10.2. The minimum Gasteiger partial charge on any atom is -0.550 e. The largest absolute Gasteiger partial charge is 0.550 e. The van der Waals surface area contributed by atoms with E-state index >= 15 is 0 Å². The number of carboxylic acids is 1. The van der Waals surface area contributed by atoms with Crippen LogP contribution < -0.4 is 14.7 Å². The number of β-amino-alcohol motifs (C(OH)–C–C–N with tert-alkyl or cyclic N) is 1. The molecule has 1 fully saturated rings. The van der Waals surface area contributed by atoms with E-state index in [4.69, 9.17) is 17.0 Å². The molecule has 2 aliphatic rings. The number of aliphatic hydroxyl groups excluding tert-OH is 1. The van der Waals surface area contributed by atoms with E-state index in [9.17, 15) is 19.8 Å². The summed E-state index contributed by atoms with van der Waals surface area (Å²) in [5.74, 6) is -0.396. The maximum atomic E-state index is 12.8. The minimum atomic E-state index is -1.16. The Morgan fingerprint density at radius 3 is 2.62 bits per heavy atom. The molecule has 1 aromatic rings. The topological polar surface area (TPSA) is 96.4 Å². The normalized spacial score (nSPS) is 18.8. The summed E-state index contributed by atoms with van der Waals surface area (Å²) in [5, 5.41) is 20.6. The van der Waals surface area contributed by atoms with Gasteiger partial charge in [-0.1, -0.05) is 19.1 Å². The lowest BCUT2D eigenvalue weighted by Crippen LogP contribution is -2.34. The van der Waals surface area contributed by atoms with E-state index < -0.39 is 5.97 Å². The molecule has 2 heterocycles. The van der Waals surface area contributed by atoms with Gasteiger partial charge in [-0.2, -0.15) is 0 Å². The number of carbonyl (C=O) groups excluding carboxylic acids is 2. The number of aliphatic hydroxyl groups is 1. The van der Waals surface area contributed by atoms with Crippen molar-refractivity contribution in [2.45, 2.75) is 19.8 Å². The molecule has 0 aromatic heterocycles. The quantitative estimate of drug-likeness (QED) is 0.486. The standard InChI is InChI=1S/C20H23N3O5S/c1-2-10-23-19(27)15(22(12-13-24)20(23)29)7-8-17-21(11-9-18(25)26)14-5-3-4-6-16(14)28-17/h3-8,24H,2,9-13H2,1H3,(H,25,26)/p-1/b15-7-,17-8+. The third kappa shape index (κ3) is 4.25. The van der Waals surface area contributed by atoms with E-state index in [1.54, 1.807) is 28.0 Å². The van der Waals surface area contributed by atoms with Gasteiger partial charge in [0.15, 0.2) is 10.9 Å². The van der Waals surface area contributed by atoms with Crippen LogP contribution in [0.25, 0.3) is 0 Å². The zero-order chi connectivity index (χ0) is 21.0. The van der Waals surface area contributed by atoms with Crippen LogP contribution in [0.2, 0.25) is 0 Å². The van der Waals surface area contributed by atoms with Crippen molar-refractivity contribution in [3.63, 3.8) is 0 Å². The zero-order valence-electron chi connectivity index (χ0n) is 16.0. The molecule has 8 nitrogen and oxygen atoms in total. The van der Waals surface area contributed by atoms with E-state index in [1.807, 2.05) is 25.1 Å². The Morgan fingerprint density at radius 2 is 1.93 bits per heavy atom. The van der Waals surface area contributed by atoms with Crippen LogP contribution in [0.4, 0.5) is 5.69 Å². The van der Waals surface area contributed by atoms with Gasteiger partial charge in [0.05, 0.1) is 12.3 Å². The highest BCUT2D eigenvalue weighted by Crippen LogP contribution is 2.38. The molecule has 1 N–H and O–H groups in total. The van der Waals surface area contributed by atoms with E-state index in [2.05, 4.69) is 0 Å². The fraction of sp³-hybridized carbons (Fsp3) is 0.350. The minimum absolute atomic E-state index is 0.152. The second-order valence-electron chi connectivity index (χ2n) is 6.51. The van der Waals surface area contributed by atoms with Crippen molar-refractivity contribution in [2.24, 2.45) is 0 Å². The summed E-state index contributed by atoms with van der Waals surface area (Å²) >= 11 is 5.39. The summed E-state index contributed by atoms with van der Waals surface area (Å²) in [6.07, 6.45) is 3.79. The Morgan fingerprint density at radius 1 is 1.17 bits per heavy atom. The van der Waals surface area contributed by atoms with Gasteiger partial charge >= 0.3 is 0 Å². The van der Waals surface area contributed by atoms with Gasteiger partial charge < -0.3 is 29.5 Å². The summed E-state index contributed by atoms with van der Waals surface area (Å²) in [6, 6.07) is 7.27. The molecule has 154 valence electrons. The number of hydrogen-bond acceptors (Lipinski definition) is 7. The second-order valence-corrected chi connectivity index (χ2v) is 6.88. The Balaban J connectivity index is 1.92. The number of nitrogens with zero attached hydrogens (tertiary/aromatic N) is 3. The number of aliphatic carboxylic acids is 1. The molecule has 29 heavy (non-hydrogen) atoms. The van der Waals surface area contributed by atoms with Crippen LogP contribution in [0.5, 0.6) is 5.75 Å². The van der Waals surface area contributed by atoms with E-state index in [-0.39, 0.29) is 32.0 Å². The number of amides is 1. The number of allylic oxidation sites excluding steroid dienone is 2. The number of para-hydroxylation sites is 2. The van der Waals surface area contributed by atoms with E-state index in [0.717, 1.165) is 12.1 Å². The van der Waals surface area contributed by atoms with E-state index in [0.29, 0.717) is 29.0 Å². The molecule has 1 aromatic carbocycles. The summed E-state index contributed by atoms with van der Waals surface area (Å²) in [5.41, 5.74) is 1.08. The van der Waals surface area contributed by atoms with Crippen molar-refractivity contribution < 1.29 is 24.5 Å². The molecular weight excluding hydrogens is 394 g/mol. The first-order valence-electron chi connectivity index (χ1n) is 9.38. The smallest absolute Gasteiger partial charge is 0.276 e. The molecule has 0 saturated carbocycles. The Bertz CT molecular complexity index is 883. The molecule has 0 aliphatic carbocycles. The van der Waals surface area contributed by atoms with Crippen LogP contribution in [0.15, 0.2) is 48.0 Å². The fourth-order valence-electron chi connectivity index (χ4n) is 3.25. The highest BCUT2D eigenvalue weighted by Gasteiger charge is 2.37. The number of anilines is 1. The summed E-state index contributed by atoms with van der Waals surface area (Å²) < 4.78 is 5.85. The van der Waals surface area contributed by atoms with Crippen LogP contribution in [-0.2, 0) is 9.59 Å². The molecule has 9 heteroatoms. The lowest BCUT2D eigenvalue weighted by molar-refractivity contribution is -0.305. The molecule has 0 unspecified atom stereocenters. The Labute approximate surface area is 174 Å². The average Bonchev–Trinajstić information content (AvgIpc) is 3.16. The van der Waals surface area contributed by atoms with Crippen LogP contribution in [0.3, 0.4) is 0 Å². The van der Waals surface area contributed by atoms with E-state index in [1.165, 1.54) is 4.90 Å². The number of benzene rings is 1. The first kappa shape index (κ1) is 20.8. The van der Waals surface area contributed by atoms with Gasteiger partial charge in [-0.3, -0.25) is 9.69 Å². The third-order valence-electron chi connectivity index (χ3n) is 4.55. The molecule has 0 atom stereocenters. The first-order valence-corrected chi connectivity index (χ1v) is 9.79. The van der Waals surface area contributed by atoms with Crippen molar-refractivity contribution >= 4 is 34.9 Å². The summed E-state index contributed by atoms with van der Waals surface area (Å²) in [6.45, 7) is 2.67. The predicted octanol–water partition coefficient (Wildman–Crippen LogP) is 0.582. The average molecular weight is 416 g/mol. The van der Waals surface area contributed by atoms with Crippen LogP contribution >= 0.6 is 12.2 Å². The number of carboxylic acid groups (broad SMARTS) is 1. The van der Waals surface area contributed by atoms with Gasteiger partial charge in [-0.05, 0) is 36.8 Å². The van der Waals surface area contributed by atoms with Crippen LogP contribution in [0.1, 0.15) is 19.8 Å². The van der Waals surface area contributed by atoms with Crippen molar-refractivity contribution in [3.05, 3.63) is 48.0 Å². The van der Waals surface area contributed by atoms with Gasteiger partial charge in [0, 0.05) is 38.1 Å². The van der Waals surface area contributed by atoms with Crippen LogP contribution in [-0.4, -0.2) is 58.1 Å². The summed E-state index contributed by atoms with van der Waals surface area (Å²) in [4.78, 5) is 28.5. The number of carbonyl (C=O) groups is 2. The molecule has 2 aliphatic heterocycles. The first-order chi connectivity index (χ1) is 14.0. The second kappa shape index (κ2) is 9.06. The zero-order valence-corrected chi connectivity index (χ0v) is 16.9. The van der Waals surface area contributed by atoms with Crippen LogP contribution in [0, 0.1) is 0 Å². The van der Waals surface area contributed by atoms with Crippen molar-refractivity contribution in [2.75, 3.05) is 31.1 Å². The lowest BCUT2D eigenvalue weighted by Gasteiger charge is -2.19. The van der Waals surface area contributed by atoms with Gasteiger partial charge in [0.2, 0.25) is 5.88 Å². The molecule has 0 spiro atoms. The fourth-order valence-corrected chi connectivity index (χ4v) is 3.61. The highest BCUT2D eigenvalue weighted by molar-refractivity contribution is 7.80. The molecular formula is C20H22N3O5S-. The Hall–Kier alpha value is -2.91. The van der Waals surface area contributed by atoms with Gasteiger partial charge in [0.1, 0.15) is 5.70 Å².